The first kappa shape index (κ1) is 20.1. The van der Waals surface area contributed by atoms with Crippen LogP contribution in [-0.2, 0) is 37.1 Å². The van der Waals surface area contributed by atoms with Gasteiger partial charge >= 0.3 is 17.9 Å². The number of ether oxygens (including phenoxy) is 2. The van der Waals surface area contributed by atoms with Gasteiger partial charge in [0.15, 0.2) is 5.60 Å². The van der Waals surface area contributed by atoms with E-state index in [0.717, 1.165) is 0 Å². The van der Waals surface area contributed by atoms with Crippen LogP contribution in [0.25, 0.3) is 0 Å². The van der Waals surface area contributed by atoms with Crippen molar-refractivity contribution in [2.45, 2.75) is 31.7 Å². The second-order valence-corrected chi connectivity index (χ2v) is 5.98. The number of aliphatic carboxylic acids is 1. The Bertz CT molecular complexity index is 714. The van der Waals surface area contributed by atoms with Gasteiger partial charge in [0.25, 0.3) is 0 Å². The number of hydrogen-bond acceptors (Lipinski definition) is 6. The Morgan fingerprint density at radius 3 is 1.44 bits per heavy atom. The SMILES string of the molecule is O=C(CC(O)(CC(=O)OCc1ccccc1)C(=O)O)OCc1ccccc1. The minimum Gasteiger partial charge on any atom is -0.479 e. The van der Waals surface area contributed by atoms with Crippen molar-refractivity contribution in [1.29, 1.82) is 0 Å². The van der Waals surface area contributed by atoms with Gasteiger partial charge in [-0.3, -0.25) is 9.59 Å². The van der Waals surface area contributed by atoms with Crippen LogP contribution in [0.1, 0.15) is 24.0 Å². The molecule has 2 aromatic carbocycles. The minimum absolute atomic E-state index is 0.0617. The molecule has 7 nitrogen and oxygen atoms in total. The number of hydrogen-bond donors (Lipinski definition) is 2. The number of carboxylic acids is 1. The molecule has 0 bridgehead atoms. The van der Waals surface area contributed by atoms with Gasteiger partial charge in [-0.1, -0.05) is 60.7 Å². The van der Waals surface area contributed by atoms with Crippen molar-refractivity contribution in [2.24, 2.45) is 0 Å². The highest BCUT2D eigenvalue weighted by Crippen LogP contribution is 2.19. The zero-order valence-electron chi connectivity index (χ0n) is 14.5. The van der Waals surface area contributed by atoms with Crippen LogP contribution in [-0.4, -0.2) is 33.7 Å². The van der Waals surface area contributed by atoms with Gasteiger partial charge in [0.1, 0.15) is 13.2 Å². The summed E-state index contributed by atoms with van der Waals surface area (Å²) in [5, 5.41) is 19.5. The molecule has 0 heterocycles. The normalized spacial score (nSPS) is 10.9. The molecule has 0 spiro atoms. The fourth-order valence-corrected chi connectivity index (χ4v) is 2.27. The zero-order chi connectivity index (χ0) is 19.7. The summed E-state index contributed by atoms with van der Waals surface area (Å²) in [5.74, 6) is -3.56. The second-order valence-electron chi connectivity index (χ2n) is 5.98. The van der Waals surface area contributed by atoms with Crippen LogP contribution in [0, 0.1) is 0 Å². The zero-order valence-corrected chi connectivity index (χ0v) is 14.5. The largest absolute Gasteiger partial charge is 0.479 e. The van der Waals surface area contributed by atoms with Crippen LogP contribution in [0.15, 0.2) is 60.7 Å². The van der Waals surface area contributed by atoms with Crippen molar-refractivity contribution < 1.29 is 34.1 Å². The lowest BCUT2D eigenvalue weighted by atomic mass is 9.96. The number of esters is 2. The van der Waals surface area contributed by atoms with Crippen molar-refractivity contribution in [3.63, 3.8) is 0 Å². The molecule has 0 saturated heterocycles. The number of carbonyl (C=O) groups excluding carboxylic acids is 2. The smallest absolute Gasteiger partial charge is 0.336 e. The lowest BCUT2D eigenvalue weighted by molar-refractivity contribution is -0.174. The summed E-state index contributed by atoms with van der Waals surface area (Å²) in [6, 6.07) is 17.6. The predicted octanol–water partition coefficient (Wildman–Crippen LogP) is 2.07. The average Bonchev–Trinajstić information content (AvgIpc) is 2.66. The van der Waals surface area contributed by atoms with Gasteiger partial charge in [0, 0.05) is 0 Å². The van der Waals surface area contributed by atoms with E-state index in [0.29, 0.717) is 11.1 Å². The molecule has 0 atom stereocenters. The molecule has 0 aliphatic carbocycles. The first-order chi connectivity index (χ1) is 12.9. The number of aliphatic hydroxyl groups is 1. The van der Waals surface area contributed by atoms with Gasteiger partial charge < -0.3 is 19.7 Å². The Morgan fingerprint density at radius 2 is 1.11 bits per heavy atom. The molecule has 142 valence electrons. The van der Waals surface area contributed by atoms with Crippen molar-refractivity contribution in [2.75, 3.05) is 0 Å². The molecular formula is C20H20O7. The highest BCUT2D eigenvalue weighted by Gasteiger charge is 2.42. The molecule has 0 fully saturated rings. The fourth-order valence-electron chi connectivity index (χ4n) is 2.27. The van der Waals surface area contributed by atoms with Gasteiger partial charge in [0.05, 0.1) is 12.8 Å². The minimum atomic E-state index is -2.60. The third-order valence-corrected chi connectivity index (χ3v) is 3.76. The maximum Gasteiger partial charge on any atom is 0.336 e. The monoisotopic (exact) mass is 372 g/mol. The lowest BCUT2D eigenvalue weighted by Crippen LogP contribution is -2.43. The van der Waals surface area contributed by atoms with Crippen molar-refractivity contribution >= 4 is 17.9 Å². The molecule has 2 N–H and O–H groups in total. The molecule has 0 aliphatic heterocycles. The van der Waals surface area contributed by atoms with E-state index in [4.69, 9.17) is 9.47 Å². The molecule has 0 saturated carbocycles. The van der Waals surface area contributed by atoms with Crippen LogP contribution in [0.2, 0.25) is 0 Å². The Hall–Kier alpha value is -3.19. The van der Waals surface area contributed by atoms with Gasteiger partial charge in [-0.2, -0.15) is 0 Å². The molecule has 7 heteroatoms. The molecule has 0 aromatic heterocycles. The summed E-state index contributed by atoms with van der Waals surface area (Å²) in [5.41, 5.74) is -1.17. The van der Waals surface area contributed by atoms with Crippen molar-refractivity contribution in [3.05, 3.63) is 71.8 Å². The van der Waals surface area contributed by atoms with E-state index in [1.54, 1.807) is 60.7 Å². The summed E-state index contributed by atoms with van der Waals surface area (Å²) >= 11 is 0. The Balaban J connectivity index is 1.88. The van der Waals surface area contributed by atoms with Crippen LogP contribution in [0.3, 0.4) is 0 Å². The number of carboxylic acid groups (broad SMARTS) is 1. The molecule has 2 rings (SSSR count). The lowest BCUT2D eigenvalue weighted by Gasteiger charge is -2.21. The van der Waals surface area contributed by atoms with E-state index in [9.17, 15) is 24.6 Å². The van der Waals surface area contributed by atoms with Gasteiger partial charge in [-0.05, 0) is 11.1 Å². The van der Waals surface area contributed by atoms with Crippen LogP contribution >= 0.6 is 0 Å². The number of rotatable bonds is 9. The molecule has 0 radical (unpaired) electrons. The van der Waals surface area contributed by atoms with Gasteiger partial charge in [0.2, 0.25) is 0 Å². The van der Waals surface area contributed by atoms with Gasteiger partial charge in [-0.25, -0.2) is 4.79 Å². The molecule has 27 heavy (non-hydrogen) atoms. The third kappa shape index (κ3) is 6.56. The summed E-state index contributed by atoms with van der Waals surface area (Å²) in [7, 11) is 0. The molecule has 0 amide bonds. The molecule has 0 aliphatic rings. The van der Waals surface area contributed by atoms with Crippen molar-refractivity contribution in [1.82, 2.24) is 0 Å². The maximum atomic E-state index is 11.9. The highest BCUT2D eigenvalue weighted by molar-refractivity contribution is 5.89. The molecular weight excluding hydrogens is 352 g/mol. The summed E-state index contributed by atoms with van der Waals surface area (Å²) in [6.45, 7) is -0.123. The highest BCUT2D eigenvalue weighted by atomic mass is 16.5. The second kappa shape index (κ2) is 9.49. The fraction of sp³-hybridized carbons (Fsp3) is 0.250. The van der Waals surface area contributed by atoms with E-state index in [2.05, 4.69) is 0 Å². The van der Waals surface area contributed by atoms with Gasteiger partial charge in [-0.15, -0.1) is 0 Å². The van der Waals surface area contributed by atoms with E-state index in [1.165, 1.54) is 0 Å². The van der Waals surface area contributed by atoms with Crippen LogP contribution in [0.4, 0.5) is 0 Å². The summed E-state index contributed by atoms with van der Waals surface area (Å²) in [6.07, 6.45) is -1.73. The summed E-state index contributed by atoms with van der Waals surface area (Å²) < 4.78 is 9.94. The van der Waals surface area contributed by atoms with Crippen molar-refractivity contribution in [3.8, 4) is 0 Å². The van der Waals surface area contributed by atoms with E-state index in [1.807, 2.05) is 0 Å². The average molecular weight is 372 g/mol. The third-order valence-electron chi connectivity index (χ3n) is 3.76. The van der Waals surface area contributed by atoms with E-state index in [-0.39, 0.29) is 13.2 Å². The topological polar surface area (TPSA) is 110 Å². The van der Waals surface area contributed by atoms with Crippen LogP contribution < -0.4 is 0 Å². The first-order valence-electron chi connectivity index (χ1n) is 8.24. The Kier molecular flexibility index (Phi) is 7.08. The first-order valence-corrected chi connectivity index (χ1v) is 8.24. The molecule has 0 unspecified atom stereocenters. The predicted molar refractivity (Wildman–Crippen MR) is 94.3 cm³/mol. The molecule has 2 aromatic rings. The Labute approximate surface area is 156 Å². The van der Waals surface area contributed by atoms with E-state index >= 15 is 0 Å². The maximum absolute atomic E-state index is 11.9. The summed E-state index contributed by atoms with van der Waals surface area (Å²) in [4.78, 5) is 35.2. The van der Waals surface area contributed by atoms with E-state index < -0.39 is 36.4 Å². The number of carbonyl (C=O) groups is 3. The quantitative estimate of drug-likeness (QED) is 0.648. The standard InChI is InChI=1S/C20H20O7/c21-17(26-13-15-7-3-1-4-8-15)11-20(25,19(23)24)12-18(22)27-14-16-9-5-2-6-10-16/h1-10,25H,11-14H2,(H,23,24). The Morgan fingerprint density at radius 1 is 0.741 bits per heavy atom. The van der Waals surface area contributed by atoms with Crippen LogP contribution in [0.5, 0.6) is 0 Å². The number of benzene rings is 2.